The SMILES string of the molecule is CC(C)(C)c1ccnc(-c2ccccc2O)n1. The summed E-state index contributed by atoms with van der Waals surface area (Å²) >= 11 is 0. The van der Waals surface area contributed by atoms with Gasteiger partial charge in [-0.25, -0.2) is 9.97 Å². The monoisotopic (exact) mass is 228 g/mol. The van der Waals surface area contributed by atoms with Crippen molar-refractivity contribution in [1.29, 1.82) is 0 Å². The highest BCUT2D eigenvalue weighted by Crippen LogP contribution is 2.27. The van der Waals surface area contributed by atoms with E-state index in [1.807, 2.05) is 18.2 Å². The zero-order valence-electron chi connectivity index (χ0n) is 10.3. The van der Waals surface area contributed by atoms with Gasteiger partial charge < -0.3 is 5.11 Å². The number of hydrogen-bond donors (Lipinski definition) is 1. The third kappa shape index (κ3) is 2.44. The molecule has 1 aromatic carbocycles. The Morgan fingerprint density at radius 1 is 1.06 bits per heavy atom. The number of phenols is 1. The summed E-state index contributed by atoms with van der Waals surface area (Å²) in [6.07, 6.45) is 1.73. The number of phenolic OH excluding ortho intramolecular Hbond substituents is 1. The van der Waals surface area contributed by atoms with E-state index >= 15 is 0 Å². The van der Waals surface area contributed by atoms with E-state index in [4.69, 9.17) is 0 Å². The lowest BCUT2D eigenvalue weighted by molar-refractivity contribution is 0.476. The highest BCUT2D eigenvalue weighted by Gasteiger charge is 2.17. The van der Waals surface area contributed by atoms with E-state index in [1.54, 1.807) is 18.3 Å². The number of benzene rings is 1. The molecular formula is C14H16N2O. The summed E-state index contributed by atoms with van der Waals surface area (Å²) in [5.74, 6) is 0.772. The number of nitrogens with zero attached hydrogens (tertiary/aromatic N) is 2. The highest BCUT2D eigenvalue weighted by atomic mass is 16.3. The first-order chi connectivity index (χ1) is 7.98. The number of aromatic hydroxyl groups is 1. The molecule has 3 nitrogen and oxygen atoms in total. The Morgan fingerprint density at radius 2 is 1.76 bits per heavy atom. The van der Waals surface area contributed by atoms with Crippen molar-refractivity contribution in [2.45, 2.75) is 26.2 Å². The Bertz CT molecular complexity index is 530. The van der Waals surface area contributed by atoms with Gasteiger partial charge in [-0.1, -0.05) is 32.9 Å². The molecule has 0 fully saturated rings. The van der Waals surface area contributed by atoms with Gasteiger partial charge in [-0.2, -0.15) is 0 Å². The van der Waals surface area contributed by atoms with E-state index in [9.17, 15) is 5.11 Å². The molecule has 0 aliphatic heterocycles. The first kappa shape index (κ1) is 11.6. The van der Waals surface area contributed by atoms with Crippen molar-refractivity contribution in [2.24, 2.45) is 0 Å². The minimum Gasteiger partial charge on any atom is -0.507 e. The fourth-order valence-electron chi connectivity index (χ4n) is 1.57. The fraction of sp³-hybridized carbons (Fsp3) is 0.286. The van der Waals surface area contributed by atoms with Crippen molar-refractivity contribution in [3.05, 3.63) is 42.2 Å². The summed E-state index contributed by atoms with van der Waals surface area (Å²) in [6, 6.07) is 9.01. The minimum atomic E-state index is -0.0257. The minimum absolute atomic E-state index is 0.0257. The van der Waals surface area contributed by atoms with Gasteiger partial charge in [-0.15, -0.1) is 0 Å². The number of aromatic nitrogens is 2. The van der Waals surface area contributed by atoms with Crippen molar-refractivity contribution >= 4 is 0 Å². The number of para-hydroxylation sites is 1. The molecule has 1 heterocycles. The zero-order valence-corrected chi connectivity index (χ0v) is 10.3. The molecule has 17 heavy (non-hydrogen) atoms. The van der Waals surface area contributed by atoms with E-state index < -0.39 is 0 Å². The van der Waals surface area contributed by atoms with Crippen molar-refractivity contribution in [3.63, 3.8) is 0 Å². The molecule has 2 aromatic rings. The van der Waals surface area contributed by atoms with Gasteiger partial charge in [0, 0.05) is 17.3 Å². The zero-order chi connectivity index (χ0) is 12.5. The Balaban J connectivity index is 2.51. The van der Waals surface area contributed by atoms with Crippen LogP contribution in [-0.2, 0) is 5.41 Å². The predicted molar refractivity (Wildman–Crippen MR) is 67.8 cm³/mol. The smallest absolute Gasteiger partial charge is 0.163 e. The molecular weight excluding hydrogens is 212 g/mol. The van der Waals surface area contributed by atoms with E-state index in [-0.39, 0.29) is 11.2 Å². The van der Waals surface area contributed by atoms with Crippen LogP contribution >= 0.6 is 0 Å². The van der Waals surface area contributed by atoms with Gasteiger partial charge in [0.2, 0.25) is 0 Å². The summed E-state index contributed by atoms with van der Waals surface area (Å²) in [4.78, 5) is 8.72. The maximum atomic E-state index is 9.78. The van der Waals surface area contributed by atoms with Crippen molar-refractivity contribution in [2.75, 3.05) is 0 Å². The van der Waals surface area contributed by atoms with Crippen LogP contribution in [0.4, 0.5) is 0 Å². The summed E-state index contributed by atoms with van der Waals surface area (Å²) in [6.45, 7) is 6.30. The summed E-state index contributed by atoms with van der Waals surface area (Å²) in [5.41, 5.74) is 1.60. The van der Waals surface area contributed by atoms with Crippen LogP contribution in [0.5, 0.6) is 5.75 Å². The van der Waals surface area contributed by atoms with Gasteiger partial charge in [0.05, 0.1) is 5.56 Å². The lowest BCUT2D eigenvalue weighted by atomic mass is 9.92. The summed E-state index contributed by atoms with van der Waals surface area (Å²) < 4.78 is 0. The summed E-state index contributed by atoms with van der Waals surface area (Å²) in [7, 11) is 0. The third-order valence-electron chi connectivity index (χ3n) is 2.57. The van der Waals surface area contributed by atoms with E-state index in [0.717, 1.165) is 5.69 Å². The molecule has 3 heteroatoms. The average Bonchev–Trinajstić information content (AvgIpc) is 2.29. The Hall–Kier alpha value is -1.90. The molecule has 0 unspecified atom stereocenters. The molecule has 1 aromatic heterocycles. The predicted octanol–water partition coefficient (Wildman–Crippen LogP) is 3.15. The molecule has 0 radical (unpaired) electrons. The van der Waals surface area contributed by atoms with E-state index in [1.165, 1.54) is 0 Å². The Labute approximate surface area is 101 Å². The molecule has 0 bridgehead atoms. The molecule has 0 amide bonds. The molecule has 0 saturated carbocycles. The van der Waals surface area contributed by atoms with Gasteiger partial charge in [0.1, 0.15) is 5.75 Å². The quantitative estimate of drug-likeness (QED) is 0.815. The van der Waals surface area contributed by atoms with Gasteiger partial charge in [0.25, 0.3) is 0 Å². The standard InChI is InChI=1S/C14H16N2O/c1-14(2,3)12-8-9-15-13(16-12)10-6-4-5-7-11(10)17/h4-9,17H,1-3H3. The van der Waals surface area contributed by atoms with E-state index in [0.29, 0.717) is 11.4 Å². The normalized spacial score (nSPS) is 11.5. The van der Waals surface area contributed by atoms with Crippen molar-refractivity contribution in [3.8, 4) is 17.1 Å². The first-order valence-electron chi connectivity index (χ1n) is 5.60. The number of rotatable bonds is 1. The lowest BCUT2D eigenvalue weighted by Crippen LogP contribution is -2.14. The third-order valence-corrected chi connectivity index (χ3v) is 2.57. The van der Waals surface area contributed by atoms with Crippen LogP contribution < -0.4 is 0 Å². The van der Waals surface area contributed by atoms with Crippen LogP contribution in [-0.4, -0.2) is 15.1 Å². The highest BCUT2D eigenvalue weighted by molar-refractivity contribution is 5.63. The fourth-order valence-corrected chi connectivity index (χ4v) is 1.57. The van der Waals surface area contributed by atoms with Crippen LogP contribution in [0.3, 0.4) is 0 Å². The van der Waals surface area contributed by atoms with E-state index in [2.05, 4.69) is 30.7 Å². The molecule has 0 aliphatic carbocycles. The molecule has 1 N–H and O–H groups in total. The van der Waals surface area contributed by atoms with Crippen LogP contribution in [0.1, 0.15) is 26.5 Å². The topological polar surface area (TPSA) is 46.0 Å². The second kappa shape index (κ2) is 4.17. The molecule has 0 saturated heterocycles. The van der Waals surface area contributed by atoms with Crippen molar-refractivity contribution < 1.29 is 5.11 Å². The van der Waals surface area contributed by atoms with Gasteiger partial charge in [-0.3, -0.25) is 0 Å². The maximum absolute atomic E-state index is 9.78. The maximum Gasteiger partial charge on any atom is 0.163 e. The van der Waals surface area contributed by atoms with Crippen LogP contribution in [0, 0.1) is 0 Å². The second-order valence-electron chi connectivity index (χ2n) is 5.03. The largest absolute Gasteiger partial charge is 0.507 e. The molecule has 0 spiro atoms. The Kier molecular flexibility index (Phi) is 2.84. The van der Waals surface area contributed by atoms with Crippen molar-refractivity contribution in [1.82, 2.24) is 9.97 Å². The van der Waals surface area contributed by atoms with Gasteiger partial charge >= 0.3 is 0 Å². The first-order valence-corrected chi connectivity index (χ1v) is 5.60. The number of hydrogen-bond acceptors (Lipinski definition) is 3. The second-order valence-corrected chi connectivity index (χ2v) is 5.03. The molecule has 88 valence electrons. The van der Waals surface area contributed by atoms with Gasteiger partial charge in [-0.05, 0) is 18.2 Å². The molecule has 2 rings (SSSR count). The van der Waals surface area contributed by atoms with Crippen LogP contribution in [0.15, 0.2) is 36.5 Å². The summed E-state index contributed by atoms with van der Waals surface area (Å²) in [5, 5.41) is 9.78. The Morgan fingerprint density at radius 3 is 2.41 bits per heavy atom. The van der Waals surface area contributed by atoms with Crippen LogP contribution in [0.2, 0.25) is 0 Å². The molecule has 0 aliphatic rings. The lowest BCUT2D eigenvalue weighted by Gasteiger charge is -2.17. The molecule has 0 atom stereocenters. The van der Waals surface area contributed by atoms with Crippen LogP contribution in [0.25, 0.3) is 11.4 Å². The average molecular weight is 228 g/mol. The van der Waals surface area contributed by atoms with Gasteiger partial charge in [0.15, 0.2) is 5.82 Å².